The van der Waals surface area contributed by atoms with Crippen molar-refractivity contribution in [3.05, 3.63) is 64.3 Å². The Labute approximate surface area is 178 Å². The Kier molecular flexibility index (Phi) is 7.47. The van der Waals surface area contributed by atoms with Gasteiger partial charge in [0.1, 0.15) is 11.5 Å². The van der Waals surface area contributed by atoms with Gasteiger partial charge in [0.2, 0.25) is 5.91 Å². The molecule has 0 radical (unpaired) electrons. The summed E-state index contributed by atoms with van der Waals surface area (Å²) < 4.78 is 6.63. The molecular weight excluding hydrogens is 434 g/mol. The number of benzene rings is 2. The molecule has 0 atom stereocenters. The van der Waals surface area contributed by atoms with Gasteiger partial charge in [0.25, 0.3) is 0 Å². The van der Waals surface area contributed by atoms with Gasteiger partial charge in [-0.25, -0.2) is 0 Å². The van der Waals surface area contributed by atoms with E-state index in [0.717, 1.165) is 23.7 Å². The van der Waals surface area contributed by atoms with Crippen LogP contribution in [-0.2, 0) is 9.59 Å². The number of amides is 1. The second-order valence-electron chi connectivity index (χ2n) is 7.18. The fourth-order valence-electron chi connectivity index (χ4n) is 3.45. The van der Waals surface area contributed by atoms with Gasteiger partial charge in [0.05, 0.1) is 16.1 Å². The van der Waals surface area contributed by atoms with Crippen LogP contribution in [0.5, 0.6) is 11.5 Å². The van der Waals surface area contributed by atoms with Crippen molar-refractivity contribution in [2.45, 2.75) is 38.5 Å². The number of carboxylic acids is 1. The molecule has 1 fully saturated rings. The summed E-state index contributed by atoms with van der Waals surface area (Å²) in [4.78, 5) is 23.5. The highest BCUT2D eigenvalue weighted by Gasteiger charge is 2.16. The zero-order valence-corrected chi connectivity index (χ0v) is 17.6. The van der Waals surface area contributed by atoms with Crippen molar-refractivity contribution in [3.63, 3.8) is 0 Å². The van der Waals surface area contributed by atoms with Crippen LogP contribution in [-0.4, -0.2) is 11.9 Å². The van der Waals surface area contributed by atoms with E-state index < -0.39 is 5.97 Å². The summed E-state index contributed by atoms with van der Waals surface area (Å²) in [5.74, 6) is 0.174. The number of carboxylic acid groups (broad SMARTS) is 1. The first-order chi connectivity index (χ1) is 14.0. The van der Waals surface area contributed by atoms with E-state index in [4.69, 9.17) is 4.74 Å². The Bertz CT molecular complexity index is 886. The Morgan fingerprint density at radius 1 is 1.10 bits per heavy atom. The van der Waals surface area contributed by atoms with Crippen LogP contribution in [0, 0.1) is 5.92 Å². The van der Waals surface area contributed by atoms with Crippen molar-refractivity contribution < 1.29 is 19.4 Å². The molecule has 3 rings (SSSR count). The Balaban J connectivity index is 1.61. The third-order valence-electron chi connectivity index (χ3n) is 5.00. The average molecular weight is 457 g/mol. The molecule has 0 saturated heterocycles. The number of rotatable bonds is 8. The highest BCUT2D eigenvalue weighted by molar-refractivity contribution is 9.10. The monoisotopic (exact) mass is 456 g/mol. The lowest BCUT2D eigenvalue weighted by molar-refractivity contribution is -0.299. The van der Waals surface area contributed by atoms with Gasteiger partial charge in [-0.3, -0.25) is 4.79 Å². The molecule has 152 valence electrons. The van der Waals surface area contributed by atoms with Crippen molar-refractivity contribution in [1.29, 1.82) is 0 Å². The molecule has 0 aliphatic heterocycles. The van der Waals surface area contributed by atoms with E-state index in [-0.39, 0.29) is 11.6 Å². The largest absolute Gasteiger partial charge is 0.543 e. The van der Waals surface area contributed by atoms with Gasteiger partial charge in [-0.1, -0.05) is 49.9 Å². The summed E-state index contributed by atoms with van der Waals surface area (Å²) in [5.41, 5.74) is 0.390. The quantitative estimate of drug-likeness (QED) is 0.596. The molecule has 0 bridgehead atoms. The van der Waals surface area contributed by atoms with Crippen LogP contribution >= 0.6 is 15.9 Å². The van der Waals surface area contributed by atoms with E-state index in [2.05, 4.69) is 21.2 Å². The second kappa shape index (κ2) is 10.3. The third kappa shape index (κ3) is 6.46. The summed E-state index contributed by atoms with van der Waals surface area (Å²) >= 11 is 3.43. The van der Waals surface area contributed by atoms with Crippen LogP contribution in [0.15, 0.2) is 58.7 Å². The van der Waals surface area contributed by atoms with Crippen LogP contribution in [0.3, 0.4) is 0 Å². The van der Waals surface area contributed by atoms with Crippen molar-refractivity contribution in [2.75, 3.05) is 0 Å². The number of ether oxygens (including phenoxy) is 1. The van der Waals surface area contributed by atoms with Crippen LogP contribution < -0.4 is 15.2 Å². The van der Waals surface area contributed by atoms with E-state index in [1.54, 1.807) is 24.3 Å². The molecule has 0 spiro atoms. The lowest BCUT2D eigenvalue weighted by Gasteiger charge is -2.13. The molecular formula is C23H23BrNO4-. The summed E-state index contributed by atoms with van der Waals surface area (Å²) in [7, 11) is 0. The number of hydrogen-bond donors (Lipinski definition) is 1. The van der Waals surface area contributed by atoms with E-state index in [1.807, 2.05) is 24.3 Å². The molecule has 1 amide bonds. The van der Waals surface area contributed by atoms with Gasteiger partial charge >= 0.3 is 0 Å². The van der Waals surface area contributed by atoms with Crippen molar-refractivity contribution >= 4 is 33.9 Å². The number of halogens is 1. The topological polar surface area (TPSA) is 78.5 Å². The standard InChI is InChI=1S/C23H24BrNO4/c24-19-7-3-4-8-21(19)29-18-12-9-17(10-13-18)15-20(23(27)28)25-22(26)14-11-16-5-1-2-6-16/h3-4,7-10,12-13,15-16H,1-2,5-6,11,14H2,(H,25,26)(H,27,28)/p-1/b20-15-. The number of carbonyl (C=O) groups is 2. The number of aliphatic carboxylic acids is 1. The lowest BCUT2D eigenvalue weighted by atomic mass is 10.0. The first-order valence-electron chi connectivity index (χ1n) is 9.76. The Morgan fingerprint density at radius 2 is 1.79 bits per heavy atom. The zero-order valence-electron chi connectivity index (χ0n) is 16.0. The molecule has 0 unspecified atom stereocenters. The van der Waals surface area contributed by atoms with Gasteiger partial charge in [-0.05, 0) is 64.2 Å². The number of nitrogens with one attached hydrogen (secondary N) is 1. The van der Waals surface area contributed by atoms with Crippen LogP contribution in [0.2, 0.25) is 0 Å². The maximum absolute atomic E-state index is 12.1. The minimum atomic E-state index is -1.41. The zero-order chi connectivity index (χ0) is 20.6. The Hall–Kier alpha value is -2.60. The predicted molar refractivity (Wildman–Crippen MR) is 113 cm³/mol. The van der Waals surface area contributed by atoms with Gasteiger partial charge in [-0.2, -0.15) is 0 Å². The molecule has 1 saturated carbocycles. The fraction of sp³-hybridized carbons (Fsp3) is 0.304. The van der Waals surface area contributed by atoms with Crippen LogP contribution in [0.1, 0.15) is 44.1 Å². The van der Waals surface area contributed by atoms with Crippen molar-refractivity contribution in [3.8, 4) is 11.5 Å². The molecule has 1 N–H and O–H groups in total. The lowest BCUT2D eigenvalue weighted by Crippen LogP contribution is -2.35. The molecule has 29 heavy (non-hydrogen) atoms. The van der Waals surface area contributed by atoms with Gasteiger partial charge < -0.3 is 20.0 Å². The Morgan fingerprint density at radius 3 is 2.45 bits per heavy atom. The molecule has 2 aromatic carbocycles. The SMILES string of the molecule is O=C(CCC1CCCC1)N/C(=C\c1ccc(Oc2ccccc2Br)cc1)C(=O)[O-]. The van der Waals surface area contributed by atoms with E-state index in [9.17, 15) is 14.7 Å². The van der Waals surface area contributed by atoms with Gasteiger partial charge in [0, 0.05) is 6.42 Å². The van der Waals surface area contributed by atoms with Crippen LogP contribution in [0.25, 0.3) is 6.08 Å². The maximum atomic E-state index is 12.1. The van der Waals surface area contributed by atoms with E-state index in [1.165, 1.54) is 18.9 Å². The number of para-hydroxylation sites is 1. The first-order valence-corrected chi connectivity index (χ1v) is 10.6. The second-order valence-corrected chi connectivity index (χ2v) is 8.04. The van der Waals surface area contributed by atoms with E-state index >= 15 is 0 Å². The third-order valence-corrected chi connectivity index (χ3v) is 5.66. The molecule has 0 heterocycles. The average Bonchev–Trinajstić information content (AvgIpc) is 3.23. The molecule has 2 aromatic rings. The predicted octanol–water partition coefficient (Wildman–Crippen LogP) is 4.42. The molecule has 1 aliphatic carbocycles. The number of hydrogen-bond acceptors (Lipinski definition) is 4. The van der Waals surface area contributed by atoms with Gasteiger partial charge in [0.15, 0.2) is 0 Å². The minimum Gasteiger partial charge on any atom is -0.543 e. The molecule has 5 nitrogen and oxygen atoms in total. The summed E-state index contributed by atoms with van der Waals surface area (Å²) in [6.45, 7) is 0. The molecule has 1 aliphatic rings. The molecule has 6 heteroatoms. The summed E-state index contributed by atoms with van der Waals surface area (Å²) in [6, 6.07) is 14.4. The molecule has 0 aromatic heterocycles. The first kappa shape index (κ1) is 21.1. The minimum absolute atomic E-state index is 0.235. The number of carbonyl (C=O) groups excluding carboxylic acids is 2. The highest BCUT2D eigenvalue weighted by Crippen LogP contribution is 2.30. The fourth-order valence-corrected chi connectivity index (χ4v) is 3.81. The van der Waals surface area contributed by atoms with Gasteiger partial charge in [-0.15, -0.1) is 0 Å². The highest BCUT2D eigenvalue weighted by atomic mass is 79.9. The normalized spacial score (nSPS) is 14.6. The summed E-state index contributed by atoms with van der Waals surface area (Å²) in [6.07, 6.45) is 7.27. The van der Waals surface area contributed by atoms with Crippen LogP contribution in [0.4, 0.5) is 0 Å². The van der Waals surface area contributed by atoms with Crippen molar-refractivity contribution in [1.82, 2.24) is 5.32 Å². The van der Waals surface area contributed by atoms with E-state index in [0.29, 0.717) is 29.4 Å². The van der Waals surface area contributed by atoms with Crippen molar-refractivity contribution in [2.24, 2.45) is 5.92 Å². The maximum Gasteiger partial charge on any atom is 0.224 e. The smallest absolute Gasteiger partial charge is 0.224 e. The summed E-state index contributed by atoms with van der Waals surface area (Å²) in [5, 5.41) is 13.9.